The molecule has 1 N–H and O–H groups in total. The Balaban J connectivity index is 1.43. The van der Waals surface area contributed by atoms with Crippen LogP contribution in [0.15, 0.2) is 60.0 Å². The lowest BCUT2D eigenvalue weighted by Crippen LogP contribution is -2.38. The molecular weight excluding hydrogens is 396 g/mol. The van der Waals surface area contributed by atoms with E-state index in [2.05, 4.69) is 54.4 Å². The summed E-state index contributed by atoms with van der Waals surface area (Å²) < 4.78 is 10.8. The van der Waals surface area contributed by atoms with Crippen molar-refractivity contribution in [2.45, 2.75) is 26.4 Å². The number of aryl methyl sites for hydroxylation is 1. The molecule has 2 heterocycles. The molecule has 4 rings (SSSR count). The second-order valence-corrected chi connectivity index (χ2v) is 8.40. The number of nitrogens with zero attached hydrogens (tertiary/aromatic N) is 1. The fraction of sp³-hybridized carbons (Fsp3) is 0.292. The maximum atomic E-state index is 12.9. The summed E-state index contributed by atoms with van der Waals surface area (Å²) in [5.41, 5.74) is 3.40. The maximum absolute atomic E-state index is 12.9. The van der Waals surface area contributed by atoms with Gasteiger partial charge in [0.05, 0.1) is 12.6 Å². The topological polar surface area (TPSA) is 50.8 Å². The number of ether oxygens (including phenoxy) is 2. The molecule has 1 aliphatic rings. The molecule has 0 fully saturated rings. The van der Waals surface area contributed by atoms with Crippen molar-refractivity contribution in [2.24, 2.45) is 0 Å². The Bertz CT molecular complexity index is 986. The number of likely N-dealkylation sites (N-methyl/N-ethyl adjacent to an activating group) is 1. The first kappa shape index (κ1) is 20.4. The van der Waals surface area contributed by atoms with Gasteiger partial charge < -0.3 is 14.8 Å². The monoisotopic (exact) mass is 422 g/mol. The van der Waals surface area contributed by atoms with Gasteiger partial charge in [0, 0.05) is 11.4 Å². The summed E-state index contributed by atoms with van der Waals surface area (Å²) in [5.74, 6) is 1.55. The van der Waals surface area contributed by atoms with Crippen LogP contribution in [0.4, 0.5) is 0 Å². The van der Waals surface area contributed by atoms with E-state index in [1.54, 1.807) is 11.3 Å². The lowest BCUT2D eigenvalue weighted by atomic mass is 10.0. The van der Waals surface area contributed by atoms with Gasteiger partial charge in [-0.2, -0.15) is 0 Å². The van der Waals surface area contributed by atoms with Gasteiger partial charge >= 0.3 is 0 Å². The molecule has 3 aromatic rings. The van der Waals surface area contributed by atoms with E-state index in [9.17, 15) is 4.79 Å². The van der Waals surface area contributed by atoms with Gasteiger partial charge in [-0.1, -0.05) is 48.9 Å². The summed E-state index contributed by atoms with van der Waals surface area (Å²) in [6, 6.07) is 18.2. The zero-order chi connectivity index (χ0) is 20.9. The summed E-state index contributed by atoms with van der Waals surface area (Å²) in [7, 11) is 0. The zero-order valence-electron chi connectivity index (χ0n) is 17.3. The number of carbonyl (C=O) groups is 1. The molecule has 0 spiro atoms. The van der Waals surface area contributed by atoms with Crippen molar-refractivity contribution in [1.82, 2.24) is 10.2 Å². The van der Waals surface area contributed by atoms with E-state index in [4.69, 9.17) is 9.47 Å². The predicted octanol–water partition coefficient (Wildman–Crippen LogP) is 4.51. The lowest BCUT2D eigenvalue weighted by Gasteiger charge is -2.23. The summed E-state index contributed by atoms with van der Waals surface area (Å²) in [6.07, 6.45) is 0. The predicted molar refractivity (Wildman–Crippen MR) is 119 cm³/mol. The lowest BCUT2D eigenvalue weighted by molar-refractivity contribution is -0.122. The van der Waals surface area contributed by atoms with Crippen molar-refractivity contribution in [3.8, 4) is 11.5 Å². The van der Waals surface area contributed by atoms with Crippen molar-refractivity contribution in [2.75, 3.05) is 19.9 Å². The third kappa shape index (κ3) is 4.83. The second-order valence-electron chi connectivity index (χ2n) is 7.42. The van der Waals surface area contributed by atoms with Gasteiger partial charge in [-0.05, 0) is 48.2 Å². The Hall–Kier alpha value is -2.83. The molecule has 156 valence electrons. The van der Waals surface area contributed by atoms with Crippen LogP contribution >= 0.6 is 11.3 Å². The molecule has 2 aromatic carbocycles. The van der Waals surface area contributed by atoms with Gasteiger partial charge in [0.25, 0.3) is 0 Å². The van der Waals surface area contributed by atoms with E-state index < -0.39 is 0 Å². The van der Waals surface area contributed by atoms with E-state index in [-0.39, 0.29) is 18.7 Å². The molecule has 0 saturated carbocycles. The number of hydrogen-bond acceptors (Lipinski definition) is 5. The smallest absolute Gasteiger partial charge is 0.234 e. The minimum atomic E-state index is -0.137. The van der Waals surface area contributed by atoms with Crippen molar-refractivity contribution in [3.05, 3.63) is 81.5 Å². The largest absolute Gasteiger partial charge is 0.454 e. The van der Waals surface area contributed by atoms with Crippen LogP contribution in [0.5, 0.6) is 11.5 Å². The van der Waals surface area contributed by atoms with E-state index in [1.807, 2.05) is 29.6 Å². The van der Waals surface area contributed by atoms with Crippen LogP contribution in [0.25, 0.3) is 0 Å². The molecule has 1 aromatic heterocycles. The standard InChI is InChI=1S/C24H26N2O3S/c1-3-26(14-18-8-11-20-21(13-18)29-16-28-20)15-23(27)25-24(22-5-4-12-30-22)19-9-6-17(2)7-10-19/h4-13,24H,3,14-16H2,1-2H3,(H,25,27). The molecule has 6 heteroatoms. The number of thiophene rings is 1. The van der Waals surface area contributed by atoms with E-state index >= 15 is 0 Å². The summed E-state index contributed by atoms with van der Waals surface area (Å²) in [6.45, 7) is 6.18. The summed E-state index contributed by atoms with van der Waals surface area (Å²) in [5, 5.41) is 5.27. The minimum Gasteiger partial charge on any atom is -0.454 e. The Morgan fingerprint density at radius 3 is 2.67 bits per heavy atom. The third-order valence-corrected chi connectivity index (χ3v) is 6.14. The molecule has 0 bridgehead atoms. The van der Waals surface area contributed by atoms with Gasteiger partial charge in [-0.3, -0.25) is 9.69 Å². The Labute approximate surface area is 181 Å². The van der Waals surface area contributed by atoms with Gasteiger partial charge in [-0.25, -0.2) is 0 Å². The number of carbonyl (C=O) groups excluding carboxylic acids is 1. The average molecular weight is 423 g/mol. The molecule has 0 aliphatic carbocycles. The molecule has 0 saturated heterocycles. The molecule has 1 unspecified atom stereocenters. The van der Waals surface area contributed by atoms with Crippen LogP contribution < -0.4 is 14.8 Å². The number of benzene rings is 2. The molecular formula is C24H26N2O3S. The van der Waals surface area contributed by atoms with Crippen molar-refractivity contribution < 1.29 is 14.3 Å². The molecule has 1 amide bonds. The SMILES string of the molecule is CCN(CC(=O)NC(c1ccc(C)cc1)c1cccs1)Cc1ccc2c(c1)OCO2. The number of nitrogens with one attached hydrogen (secondary N) is 1. The van der Waals surface area contributed by atoms with Crippen LogP contribution in [-0.4, -0.2) is 30.7 Å². The summed E-state index contributed by atoms with van der Waals surface area (Å²) in [4.78, 5) is 16.2. The molecule has 1 atom stereocenters. The molecule has 0 radical (unpaired) electrons. The Morgan fingerprint density at radius 2 is 1.93 bits per heavy atom. The quantitative estimate of drug-likeness (QED) is 0.580. The number of hydrogen-bond donors (Lipinski definition) is 1. The number of rotatable bonds is 8. The van der Waals surface area contributed by atoms with E-state index in [1.165, 1.54) is 5.56 Å². The summed E-state index contributed by atoms with van der Waals surface area (Å²) >= 11 is 1.66. The van der Waals surface area contributed by atoms with Crippen LogP contribution in [0.1, 0.15) is 34.5 Å². The van der Waals surface area contributed by atoms with E-state index in [0.717, 1.165) is 34.0 Å². The van der Waals surface area contributed by atoms with Crippen molar-refractivity contribution in [3.63, 3.8) is 0 Å². The van der Waals surface area contributed by atoms with Gasteiger partial charge in [0.2, 0.25) is 12.7 Å². The Morgan fingerprint density at radius 1 is 1.13 bits per heavy atom. The molecule has 1 aliphatic heterocycles. The Kier molecular flexibility index (Phi) is 6.35. The molecule has 5 nitrogen and oxygen atoms in total. The fourth-order valence-corrected chi connectivity index (χ4v) is 4.32. The highest BCUT2D eigenvalue weighted by molar-refractivity contribution is 7.10. The van der Waals surface area contributed by atoms with Crippen LogP contribution in [0.2, 0.25) is 0 Å². The molecule has 30 heavy (non-hydrogen) atoms. The van der Waals surface area contributed by atoms with Crippen molar-refractivity contribution >= 4 is 17.2 Å². The normalized spacial score (nSPS) is 13.4. The van der Waals surface area contributed by atoms with Gasteiger partial charge in [0.15, 0.2) is 11.5 Å². The highest BCUT2D eigenvalue weighted by Crippen LogP contribution is 2.33. The minimum absolute atomic E-state index is 0.0107. The average Bonchev–Trinajstić information content (AvgIpc) is 3.44. The van der Waals surface area contributed by atoms with E-state index in [0.29, 0.717) is 13.1 Å². The number of amides is 1. The van der Waals surface area contributed by atoms with Crippen LogP contribution in [0, 0.1) is 6.92 Å². The van der Waals surface area contributed by atoms with Gasteiger partial charge in [-0.15, -0.1) is 11.3 Å². The zero-order valence-corrected chi connectivity index (χ0v) is 18.1. The maximum Gasteiger partial charge on any atom is 0.234 e. The van der Waals surface area contributed by atoms with Crippen molar-refractivity contribution in [1.29, 1.82) is 0 Å². The number of fused-ring (bicyclic) bond motifs is 1. The first-order valence-corrected chi connectivity index (χ1v) is 11.0. The van der Waals surface area contributed by atoms with Crippen LogP contribution in [0.3, 0.4) is 0 Å². The highest BCUT2D eigenvalue weighted by atomic mass is 32.1. The fourth-order valence-electron chi connectivity index (χ4n) is 3.52. The van der Waals surface area contributed by atoms with Crippen LogP contribution in [-0.2, 0) is 11.3 Å². The third-order valence-electron chi connectivity index (χ3n) is 5.20. The first-order valence-electron chi connectivity index (χ1n) is 10.1. The van der Waals surface area contributed by atoms with Gasteiger partial charge in [0.1, 0.15) is 0 Å². The highest BCUT2D eigenvalue weighted by Gasteiger charge is 2.20. The second kappa shape index (κ2) is 9.32. The first-order chi connectivity index (χ1) is 14.6.